The number of aromatic nitrogens is 1. The Morgan fingerprint density at radius 1 is 1.12 bits per heavy atom. The molecule has 1 fully saturated rings. The zero-order valence-corrected chi connectivity index (χ0v) is 21.2. The summed E-state index contributed by atoms with van der Waals surface area (Å²) < 4.78 is 6.04. The molecule has 0 saturated carbocycles. The fourth-order valence-corrected chi connectivity index (χ4v) is 4.66. The number of guanidine groups is 1. The molecule has 3 heterocycles. The average molecular weight is 510 g/mol. The van der Waals surface area contributed by atoms with Gasteiger partial charge in [0.25, 0.3) is 0 Å². The number of carbonyl (C=O) groups is 1. The van der Waals surface area contributed by atoms with E-state index in [0.717, 1.165) is 35.6 Å². The van der Waals surface area contributed by atoms with Gasteiger partial charge in [-0.15, -0.1) is 24.8 Å². The third kappa shape index (κ3) is 5.85. The zero-order valence-electron chi connectivity index (χ0n) is 19.5. The minimum absolute atomic E-state index is 0. The lowest BCUT2D eigenvalue weighted by atomic mass is 9.79. The number of fused-ring (bicyclic) bond motifs is 1. The first-order valence-corrected chi connectivity index (χ1v) is 11.0. The molecule has 2 aromatic rings. The Morgan fingerprint density at radius 3 is 2.35 bits per heavy atom. The van der Waals surface area contributed by atoms with Crippen LogP contribution in [0.15, 0.2) is 30.3 Å². The highest BCUT2D eigenvalue weighted by Gasteiger charge is 2.42. The number of benzene rings is 1. The van der Waals surface area contributed by atoms with Gasteiger partial charge in [-0.2, -0.15) is 0 Å². The monoisotopic (exact) mass is 509 g/mol. The molecule has 4 N–H and O–H groups in total. The molecule has 0 radical (unpaired) electrons. The summed E-state index contributed by atoms with van der Waals surface area (Å²) >= 11 is 0. The van der Waals surface area contributed by atoms with Crippen LogP contribution >= 0.6 is 24.8 Å². The van der Waals surface area contributed by atoms with Crippen LogP contribution in [-0.4, -0.2) is 53.2 Å². The predicted molar refractivity (Wildman–Crippen MR) is 138 cm³/mol. The number of ether oxygens (including phenoxy) is 1. The molecule has 0 aliphatic carbocycles. The summed E-state index contributed by atoms with van der Waals surface area (Å²) in [5.74, 6) is -0.0734. The van der Waals surface area contributed by atoms with E-state index in [1.54, 1.807) is 0 Å². The molecule has 1 aromatic carbocycles. The number of anilines is 1. The molecule has 1 saturated heterocycles. The number of pyridine rings is 1. The lowest BCUT2D eigenvalue weighted by molar-refractivity contribution is -0.152. The van der Waals surface area contributed by atoms with Gasteiger partial charge in [-0.05, 0) is 68.5 Å². The molecular formula is C24H33Cl2N5O3. The Labute approximate surface area is 212 Å². The number of piperidine rings is 1. The van der Waals surface area contributed by atoms with E-state index in [-0.39, 0.29) is 37.4 Å². The lowest BCUT2D eigenvalue weighted by Crippen LogP contribution is -2.47. The largest absolute Gasteiger partial charge is 0.492 e. The summed E-state index contributed by atoms with van der Waals surface area (Å²) in [6, 6.07) is 10.0. The fraction of sp³-hybridized carbons (Fsp3) is 0.458. The van der Waals surface area contributed by atoms with Crippen LogP contribution in [0, 0.1) is 24.7 Å². The van der Waals surface area contributed by atoms with Crippen molar-refractivity contribution < 1.29 is 14.6 Å². The molecule has 2 aliphatic rings. The number of aryl methyl sites for hydroxylation is 2. The molecule has 0 bridgehead atoms. The van der Waals surface area contributed by atoms with E-state index < -0.39 is 11.4 Å². The summed E-state index contributed by atoms with van der Waals surface area (Å²) in [6.07, 6.45) is 1.87. The fourth-order valence-electron chi connectivity index (χ4n) is 4.66. The van der Waals surface area contributed by atoms with Crippen LogP contribution in [-0.2, 0) is 17.8 Å². The third-order valence-electron chi connectivity index (χ3n) is 6.65. The summed E-state index contributed by atoms with van der Waals surface area (Å²) in [6.45, 7) is 6.73. The highest BCUT2D eigenvalue weighted by atomic mass is 35.5. The minimum Gasteiger partial charge on any atom is -0.492 e. The van der Waals surface area contributed by atoms with Crippen molar-refractivity contribution in [1.29, 1.82) is 5.41 Å². The quantitative estimate of drug-likeness (QED) is 0.416. The van der Waals surface area contributed by atoms with Gasteiger partial charge in [-0.3, -0.25) is 15.2 Å². The van der Waals surface area contributed by atoms with Gasteiger partial charge >= 0.3 is 5.97 Å². The molecule has 10 heteroatoms. The van der Waals surface area contributed by atoms with Crippen LogP contribution in [0.2, 0.25) is 0 Å². The summed E-state index contributed by atoms with van der Waals surface area (Å²) in [5.41, 5.74) is 10.1. The number of halogens is 2. The van der Waals surface area contributed by atoms with E-state index in [4.69, 9.17) is 15.9 Å². The number of hydrogen-bond donors (Lipinski definition) is 3. The first-order chi connectivity index (χ1) is 15.3. The van der Waals surface area contributed by atoms with Crippen LogP contribution in [0.5, 0.6) is 5.75 Å². The third-order valence-corrected chi connectivity index (χ3v) is 6.65. The standard InChI is InChI=1S/C24H31N5O3.2ClH/c1-16-11-20(12-17(2)27-16)28-9-6-24(7-10-28,22(30)31)15-32-21-4-3-18-5-8-29(23(25)26)14-19(18)13-21;;/h3-4,11-13H,5-10,14-15H2,1-2H3,(H3,25,26)(H,30,31);2*1H. The maximum Gasteiger partial charge on any atom is 0.313 e. The average Bonchev–Trinajstić information content (AvgIpc) is 2.76. The Kier molecular flexibility index (Phi) is 9.02. The SMILES string of the molecule is Cc1cc(N2CCC(COc3ccc4c(c3)CN(C(=N)N)CC4)(C(=O)O)CC2)cc(C)n1.Cl.Cl. The number of nitrogens with two attached hydrogens (primary N) is 1. The summed E-state index contributed by atoms with van der Waals surface area (Å²) in [4.78, 5) is 20.7. The Morgan fingerprint density at radius 2 is 1.76 bits per heavy atom. The van der Waals surface area contributed by atoms with E-state index in [0.29, 0.717) is 38.2 Å². The second-order valence-electron chi connectivity index (χ2n) is 8.96. The van der Waals surface area contributed by atoms with E-state index in [1.807, 2.05) is 36.9 Å². The Bertz CT molecular complexity index is 1020. The van der Waals surface area contributed by atoms with Crippen molar-refractivity contribution in [2.75, 3.05) is 31.1 Å². The van der Waals surface area contributed by atoms with Crippen molar-refractivity contribution in [2.24, 2.45) is 11.1 Å². The van der Waals surface area contributed by atoms with E-state index in [1.165, 1.54) is 5.56 Å². The number of hydrogen-bond acceptors (Lipinski definition) is 5. The van der Waals surface area contributed by atoms with Crippen LogP contribution in [0.3, 0.4) is 0 Å². The van der Waals surface area contributed by atoms with E-state index >= 15 is 0 Å². The first-order valence-electron chi connectivity index (χ1n) is 11.0. The molecule has 1 aromatic heterocycles. The lowest BCUT2D eigenvalue weighted by Gasteiger charge is -2.39. The van der Waals surface area contributed by atoms with Gasteiger partial charge in [0.1, 0.15) is 17.8 Å². The molecule has 4 rings (SSSR count). The molecule has 8 nitrogen and oxygen atoms in total. The summed E-state index contributed by atoms with van der Waals surface area (Å²) in [7, 11) is 0. The van der Waals surface area contributed by atoms with Crippen molar-refractivity contribution in [2.45, 2.75) is 39.7 Å². The van der Waals surface area contributed by atoms with Gasteiger partial charge in [0.05, 0.1) is 0 Å². The first kappa shape index (κ1) is 27.5. The minimum atomic E-state index is -0.908. The van der Waals surface area contributed by atoms with Gasteiger partial charge < -0.3 is 25.4 Å². The highest BCUT2D eigenvalue weighted by Crippen LogP contribution is 2.35. The van der Waals surface area contributed by atoms with Gasteiger partial charge in [0, 0.05) is 43.3 Å². The number of rotatable bonds is 5. The van der Waals surface area contributed by atoms with E-state index in [2.05, 4.69) is 22.0 Å². The number of carboxylic acids is 1. The molecule has 2 aliphatic heterocycles. The zero-order chi connectivity index (χ0) is 22.9. The molecule has 0 amide bonds. The molecule has 0 unspecified atom stereocenters. The smallest absolute Gasteiger partial charge is 0.313 e. The molecule has 0 spiro atoms. The number of nitrogens with one attached hydrogen (secondary N) is 1. The van der Waals surface area contributed by atoms with Crippen molar-refractivity contribution >= 4 is 42.4 Å². The van der Waals surface area contributed by atoms with Gasteiger partial charge in [-0.1, -0.05) is 6.07 Å². The highest BCUT2D eigenvalue weighted by molar-refractivity contribution is 5.85. The van der Waals surface area contributed by atoms with Gasteiger partial charge in [0.2, 0.25) is 0 Å². The number of nitrogens with zero attached hydrogens (tertiary/aromatic N) is 3. The van der Waals surface area contributed by atoms with Crippen LogP contribution in [0.1, 0.15) is 35.4 Å². The second kappa shape index (κ2) is 11.1. The molecule has 186 valence electrons. The van der Waals surface area contributed by atoms with Gasteiger partial charge in [-0.25, -0.2) is 0 Å². The normalized spacial score (nSPS) is 16.5. The summed E-state index contributed by atoms with van der Waals surface area (Å²) in [5, 5.41) is 17.7. The van der Waals surface area contributed by atoms with Crippen molar-refractivity contribution in [3.05, 3.63) is 52.8 Å². The van der Waals surface area contributed by atoms with Gasteiger partial charge in [0.15, 0.2) is 5.96 Å². The van der Waals surface area contributed by atoms with Crippen LogP contribution < -0.4 is 15.4 Å². The topological polar surface area (TPSA) is 116 Å². The Balaban J connectivity index is 0.00000204. The van der Waals surface area contributed by atoms with Crippen LogP contribution in [0.4, 0.5) is 5.69 Å². The Hall–Kier alpha value is -2.71. The van der Waals surface area contributed by atoms with Crippen molar-refractivity contribution in [1.82, 2.24) is 9.88 Å². The van der Waals surface area contributed by atoms with Crippen molar-refractivity contribution in [3.8, 4) is 5.75 Å². The maximum atomic E-state index is 12.2. The molecule has 0 atom stereocenters. The van der Waals surface area contributed by atoms with Crippen molar-refractivity contribution in [3.63, 3.8) is 0 Å². The molecule has 34 heavy (non-hydrogen) atoms. The maximum absolute atomic E-state index is 12.2. The molecular weight excluding hydrogens is 477 g/mol. The number of carboxylic acid groups (broad SMARTS) is 1. The van der Waals surface area contributed by atoms with Crippen LogP contribution in [0.25, 0.3) is 0 Å². The predicted octanol–water partition coefficient (Wildman–Crippen LogP) is 3.54. The number of aliphatic carboxylic acids is 1. The second-order valence-corrected chi connectivity index (χ2v) is 8.96. The van der Waals surface area contributed by atoms with E-state index in [9.17, 15) is 9.90 Å².